The van der Waals surface area contributed by atoms with Crippen LogP contribution in [-0.4, -0.2) is 35.2 Å². The van der Waals surface area contributed by atoms with Crippen LogP contribution in [0.5, 0.6) is 5.75 Å². The Morgan fingerprint density at radius 1 is 1.21 bits per heavy atom. The maximum absolute atomic E-state index is 12.8. The van der Waals surface area contributed by atoms with E-state index in [2.05, 4.69) is 0 Å². The first-order valence-electron chi connectivity index (χ1n) is 9.32. The Bertz CT molecular complexity index is 985. The molecule has 0 spiro atoms. The van der Waals surface area contributed by atoms with Crippen molar-refractivity contribution >= 4 is 23.0 Å². The van der Waals surface area contributed by atoms with E-state index in [1.807, 2.05) is 6.92 Å². The van der Waals surface area contributed by atoms with Crippen molar-refractivity contribution in [3.8, 4) is 5.75 Å². The minimum Gasteiger partial charge on any atom is -0.444 e. The molecule has 2 aromatic rings. The fourth-order valence-corrected chi connectivity index (χ4v) is 3.34. The minimum absolute atomic E-state index is 0.308. The quantitative estimate of drug-likeness (QED) is 0.444. The number of carbonyl (C=O) groups excluding carboxylic acids is 2. The van der Waals surface area contributed by atoms with Crippen LogP contribution in [0.25, 0.3) is 11.0 Å². The number of benzene rings is 1. The highest BCUT2D eigenvalue weighted by molar-refractivity contribution is 5.88. The molecule has 0 saturated carbocycles. The van der Waals surface area contributed by atoms with Gasteiger partial charge in [0, 0.05) is 23.6 Å². The van der Waals surface area contributed by atoms with Gasteiger partial charge in [0.1, 0.15) is 23.0 Å². The van der Waals surface area contributed by atoms with Crippen LogP contribution in [0.1, 0.15) is 44.7 Å². The molecular formula is C21H25NO6. The van der Waals surface area contributed by atoms with E-state index in [1.165, 1.54) is 11.0 Å². The van der Waals surface area contributed by atoms with Crippen LogP contribution in [0.3, 0.4) is 0 Å². The molecule has 0 aliphatic carbocycles. The fraction of sp³-hybridized carbons (Fsp3) is 0.476. The molecular weight excluding hydrogens is 362 g/mol. The van der Waals surface area contributed by atoms with E-state index >= 15 is 0 Å². The average Bonchev–Trinajstić information content (AvgIpc) is 3.06. The van der Waals surface area contributed by atoms with Crippen LogP contribution < -0.4 is 10.4 Å². The second-order valence-electron chi connectivity index (χ2n) is 8.07. The molecule has 1 aliphatic heterocycles. The predicted molar refractivity (Wildman–Crippen MR) is 104 cm³/mol. The van der Waals surface area contributed by atoms with Crippen molar-refractivity contribution in [3.63, 3.8) is 0 Å². The highest BCUT2D eigenvalue weighted by Crippen LogP contribution is 2.30. The third kappa shape index (κ3) is 4.03. The summed E-state index contributed by atoms with van der Waals surface area (Å²) < 4.78 is 16.3. The summed E-state index contributed by atoms with van der Waals surface area (Å²) in [5.41, 5.74) is 0.653. The first kappa shape index (κ1) is 19.9. The van der Waals surface area contributed by atoms with Crippen molar-refractivity contribution in [2.45, 2.75) is 59.1 Å². The second-order valence-corrected chi connectivity index (χ2v) is 8.07. The zero-order chi connectivity index (χ0) is 20.6. The van der Waals surface area contributed by atoms with E-state index in [0.29, 0.717) is 36.3 Å². The van der Waals surface area contributed by atoms with Crippen molar-refractivity contribution in [2.24, 2.45) is 0 Å². The molecule has 1 aliphatic rings. The van der Waals surface area contributed by atoms with Crippen molar-refractivity contribution in [3.05, 3.63) is 39.7 Å². The SMILES string of the molecule is Cc1cc(=O)oc2c(C)c(OC(=O)[C@@H]3CCCN3C(=O)OC(C)(C)C)ccc12. The lowest BCUT2D eigenvalue weighted by Crippen LogP contribution is -2.44. The Labute approximate surface area is 163 Å². The summed E-state index contributed by atoms with van der Waals surface area (Å²) in [4.78, 5) is 38.3. The van der Waals surface area contributed by atoms with Gasteiger partial charge < -0.3 is 13.9 Å². The van der Waals surface area contributed by atoms with Gasteiger partial charge in [-0.25, -0.2) is 14.4 Å². The number of carbonyl (C=O) groups is 2. The summed E-state index contributed by atoms with van der Waals surface area (Å²) in [5.74, 6) is -0.219. The van der Waals surface area contributed by atoms with E-state index in [0.717, 1.165) is 10.9 Å². The third-order valence-corrected chi connectivity index (χ3v) is 4.68. The van der Waals surface area contributed by atoms with Crippen molar-refractivity contribution in [1.82, 2.24) is 4.90 Å². The molecule has 150 valence electrons. The molecule has 1 saturated heterocycles. The molecule has 1 aromatic heterocycles. The Morgan fingerprint density at radius 2 is 1.93 bits per heavy atom. The number of nitrogens with zero attached hydrogens (tertiary/aromatic N) is 1. The fourth-order valence-electron chi connectivity index (χ4n) is 3.34. The molecule has 1 aromatic carbocycles. The van der Waals surface area contributed by atoms with Gasteiger partial charge in [0.15, 0.2) is 0 Å². The summed E-state index contributed by atoms with van der Waals surface area (Å²) in [6.45, 7) is 9.34. The van der Waals surface area contributed by atoms with Gasteiger partial charge in [-0.2, -0.15) is 0 Å². The Balaban J connectivity index is 1.83. The van der Waals surface area contributed by atoms with Crippen LogP contribution in [-0.2, 0) is 9.53 Å². The highest BCUT2D eigenvalue weighted by atomic mass is 16.6. The first-order valence-corrected chi connectivity index (χ1v) is 9.32. The summed E-state index contributed by atoms with van der Waals surface area (Å²) in [6.07, 6.45) is 0.687. The zero-order valence-corrected chi connectivity index (χ0v) is 16.8. The number of esters is 1. The number of ether oxygens (including phenoxy) is 2. The van der Waals surface area contributed by atoms with Gasteiger partial charge in [-0.1, -0.05) is 0 Å². The lowest BCUT2D eigenvalue weighted by molar-refractivity contribution is -0.139. The molecule has 0 bridgehead atoms. The standard InChI is InChI=1S/C21H25NO6/c1-12-11-17(23)27-18-13(2)16(9-8-14(12)18)26-19(24)15-7-6-10-22(15)20(25)28-21(3,4)5/h8-9,11,15H,6-7,10H2,1-5H3/t15-/m0/s1. The molecule has 1 atom stereocenters. The number of likely N-dealkylation sites (tertiary alicyclic amines) is 1. The van der Waals surface area contributed by atoms with Gasteiger partial charge in [-0.15, -0.1) is 0 Å². The Morgan fingerprint density at radius 3 is 2.61 bits per heavy atom. The first-order chi connectivity index (χ1) is 13.1. The van der Waals surface area contributed by atoms with Crippen molar-refractivity contribution in [2.75, 3.05) is 6.54 Å². The van der Waals surface area contributed by atoms with Gasteiger partial charge >= 0.3 is 17.7 Å². The van der Waals surface area contributed by atoms with E-state index in [4.69, 9.17) is 13.9 Å². The second kappa shape index (κ2) is 7.30. The van der Waals surface area contributed by atoms with Gasteiger partial charge in [0.2, 0.25) is 0 Å². The van der Waals surface area contributed by atoms with E-state index < -0.39 is 29.3 Å². The Hall–Kier alpha value is -2.83. The lowest BCUT2D eigenvalue weighted by atomic mass is 10.1. The van der Waals surface area contributed by atoms with Gasteiger partial charge in [0.25, 0.3) is 0 Å². The van der Waals surface area contributed by atoms with Crippen LogP contribution in [0, 0.1) is 13.8 Å². The summed E-state index contributed by atoms with van der Waals surface area (Å²) in [6, 6.07) is 4.15. The van der Waals surface area contributed by atoms with Gasteiger partial charge in [-0.05, 0) is 65.2 Å². The zero-order valence-electron chi connectivity index (χ0n) is 16.8. The smallest absolute Gasteiger partial charge is 0.411 e. The van der Waals surface area contributed by atoms with Crippen molar-refractivity contribution < 1.29 is 23.5 Å². The molecule has 0 unspecified atom stereocenters. The molecule has 7 heteroatoms. The van der Waals surface area contributed by atoms with Crippen LogP contribution >= 0.6 is 0 Å². The molecule has 2 heterocycles. The molecule has 3 rings (SSSR count). The highest BCUT2D eigenvalue weighted by Gasteiger charge is 2.38. The van der Waals surface area contributed by atoms with Crippen molar-refractivity contribution in [1.29, 1.82) is 0 Å². The topological polar surface area (TPSA) is 86.0 Å². The number of hydrogen-bond donors (Lipinski definition) is 0. The number of aryl methyl sites for hydroxylation is 2. The number of amides is 1. The van der Waals surface area contributed by atoms with Crippen LogP contribution in [0.2, 0.25) is 0 Å². The number of hydrogen-bond acceptors (Lipinski definition) is 6. The molecule has 0 radical (unpaired) electrons. The summed E-state index contributed by atoms with van der Waals surface area (Å²) in [7, 11) is 0. The van der Waals surface area contributed by atoms with E-state index in [9.17, 15) is 14.4 Å². The average molecular weight is 387 g/mol. The molecule has 0 N–H and O–H groups in total. The summed E-state index contributed by atoms with van der Waals surface area (Å²) in [5, 5.41) is 0.785. The third-order valence-electron chi connectivity index (χ3n) is 4.68. The molecule has 1 fully saturated rings. The summed E-state index contributed by atoms with van der Waals surface area (Å²) >= 11 is 0. The normalized spacial score (nSPS) is 17.0. The van der Waals surface area contributed by atoms with Gasteiger partial charge in [0.05, 0.1) is 0 Å². The maximum Gasteiger partial charge on any atom is 0.411 e. The van der Waals surface area contributed by atoms with Crippen LogP contribution in [0.4, 0.5) is 4.79 Å². The molecule has 1 amide bonds. The number of rotatable bonds is 2. The van der Waals surface area contributed by atoms with E-state index in [-0.39, 0.29) is 0 Å². The predicted octanol–water partition coefficient (Wildman–Crippen LogP) is 3.71. The molecule has 28 heavy (non-hydrogen) atoms. The van der Waals surface area contributed by atoms with Crippen LogP contribution in [0.15, 0.2) is 27.4 Å². The van der Waals surface area contributed by atoms with Gasteiger partial charge in [-0.3, -0.25) is 4.90 Å². The monoisotopic (exact) mass is 387 g/mol. The Kier molecular flexibility index (Phi) is 5.19. The largest absolute Gasteiger partial charge is 0.444 e. The lowest BCUT2D eigenvalue weighted by Gasteiger charge is -2.27. The molecule has 7 nitrogen and oxygen atoms in total. The minimum atomic E-state index is -0.700. The van der Waals surface area contributed by atoms with E-state index in [1.54, 1.807) is 39.8 Å². The maximum atomic E-state index is 12.8. The number of fused-ring (bicyclic) bond motifs is 1.